The zero-order valence-electron chi connectivity index (χ0n) is 6.54. The molecule has 13 heavy (non-hydrogen) atoms. The van der Waals surface area contributed by atoms with Crippen LogP contribution in [0.4, 0.5) is 22.0 Å². The van der Waals surface area contributed by atoms with Crippen molar-refractivity contribution in [3.8, 4) is 0 Å². The maximum absolute atomic E-state index is 12.6. The van der Waals surface area contributed by atoms with Crippen LogP contribution in [0.5, 0.6) is 0 Å². The van der Waals surface area contributed by atoms with E-state index in [0.717, 1.165) is 6.92 Å². The van der Waals surface area contributed by atoms with Gasteiger partial charge in [-0.05, 0) is 19.1 Å². The lowest BCUT2D eigenvalue weighted by atomic mass is 10.1. The Kier molecular flexibility index (Phi) is 2.28. The van der Waals surface area contributed by atoms with E-state index in [0.29, 0.717) is 0 Å². The van der Waals surface area contributed by atoms with Crippen LogP contribution in [0, 0.1) is 18.6 Å². The highest BCUT2D eigenvalue weighted by Gasteiger charge is 2.32. The first kappa shape index (κ1) is 9.95. The highest BCUT2D eigenvalue weighted by molar-refractivity contribution is 5.26. The highest BCUT2D eigenvalue weighted by atomic mass is 19.4. The molecule has 0 amide bonds. The van der Waals surface area contributed by atoms with E-state index >= 15 is 0 Å². The first-order valence-electron chi connectivity index (χ1n) is 3.35. The number of benzene rings is 1. The van der Waals surface area contributed by atoms with Crippen LogP contribution in [0.1, 0.15) is 11.1 Å². The van der Waals surface area contributed by atoms with Crippen molar-refractivity contribution >= 4 is 0 Å². The summed E-state index contributed by atoms with van der Waals surface area (Å²) in [4.78, 5) is 0. The summed E-state index contributed by atoms with van der Waals surface area (Å²) < 4.78 is 61.1. The second-order valence-corrected chi connectivity index (χ2v) is 2.56. The highest BCUT2D eigenvalue weighted by Crippen LogP contribution is 2.31. The summed E-state index contributed by atoms with van der Waals surface area (Å²) in [5.74, 6) is -2.38. The third-order valence-corrected chi connectivity index (χ3v) is 1.61. The van der Waals surface area contributed by atoms with E-state index in [1.54, 1.807) is 0 Å². The summed E-state index contributed by atoms with van der Waals surface area (Å²) in [7, 11) is 0. The van der Waals surface area contributed by atoms with Crippen molar-refractivity contribution in [2.24, 2.45) is 0 Å². The molecule has 0 atom stereocenters. The van der Waals surface area contributed by atoms with E-state index in [1.807, 2.05) is 0 Å². The van der Waals surface area contributed by atoms with Crippen molar-refractivity contribution in [1.29, 1.82) is 0 Å². The topological polar surface area (TPSA) is 0 Å². The molecule has 72 valence electrons. The smallest absolute Gasteiger partial charge is 0.207 e. The molecule has 0 aliphatic carbocycles. The Bertz CT molecular complexity index is 303. The molecule has 0 bridgehead atoms. The third-order valence-electron chi connectivity index (χ3n) is 1.61. The monoisotopic (exact) mass is 196 g/mol. The van der Waals surface area contributed by atoms with Gasteiger partial charge in [0.2, 0.25) is 0 Å². The van der Waals surface area contributed by atoms with Gasteiger partial charge in [-0.25, -0.2) is 8.78 Å². The Morgan fingerprint density at radius 2 is 1.38 bits per heavy atom. The second kappa shape index (κ2) is 2.97. The minimum absolute atomic E-state index is 0.276. The van der Waals surface area contributed by atoms with Gasteiger partial charge in [-0.15, -0.1) is 0 Å². The van der Waals surface area contributed by atoms with E-state index < -0.39 is 28.9 Å². The lowest BCUT2D eigenvalue weighted by Gasteiger charge is -2.07. The average Bonchev–Trinajstić information content (AvgIpc) is 1.97. The Labute approximate surface area is 71.0 Å². The van der Waals surface area contributed by atoms with Gasteiger partial charge in [0.25, 0.3) is 0 Å². The van der Waals surface area contributed by atoms with Crippen molar-refractivity contribution in [2.45, 2.75) is 13.1 Å². The van der Waals surface area contributed by atoms with Crippen molar-refractivity contribution in [2.75, 3.05) is 0 Å². The van der Waals surface area contributed by atoms with Crippen LogP contribution in [0.3, 0.4) is 0 Å². The molecule has 0 N–H and O–H groups in total. The van der Waals surface area contributed by atoms with Gasteiger partial charge in [0, 0.05) is 5.56 Å². The van der Waals surface area contributed by atoms with Gasteiger partial charge >= 0.3 is 6.18 Å². The maximum Gasteiger partial charge on any atom is 0.416 e. The largest absolute Gasteiger partial charge is 0.416 e. The molecule has 0 heterocycles. The Hall–Kier alpha value is -1.13. The fourth-order valence-electron chi connectivity index (χ4n) is 0.809. The summed E-state index contributed by atoms with van der Waals surface area (Å²) in [6.07, 6.45) is -4.71. The van der Waals surface area contributed by atoms with Gasteiger partial charge in [0.1, 0.15) is 11.6 Å². The zero-order valence-corrected chi connectivity index (χ0v) is 6.54. The molecule has 0 unspecified atom stereocenters. The standard InChI is InChI=1S/C8H5F5/c1-4-6(9)2-5(3-7(4)10)8(11,12)13/h2-3H,1H3. The Balaban J connectivity index is 3.29. The van der Waals surface area contributed by atoms with Crippen LogP contribution in [0.15, 0.2) is 12.1 Å². The molecule has 1 aromatic rings. The molecule has 0 fully saturated rings. The Morgan fingerprint density at radius 1 is 1.00 bits per heavy atom. The predicted molar refractivity (Wildman–Crippen MR) is 36.1 cm³/mol. The van der Waals surface area contributed by atoms with Crippen molar-refractivity contribution in [3.05, 3.63) is 34.9 Å². The fraction of sp³-hybridized carbons (Fsp3) is 0.250. The number of rotatable bonds is 0. The molecule has 0 aliphatic heterocycles. The summed E-state index contributed by atoms with van der Waals surface area (Å²) in [6.45, 7) is 1.07. The van der Waals surface area contributed by atoms with Gasteiger partial charge in [-0.2, -0.15) is 13.2 Å². The molecule has 1 rings (SSSR count). The molecule has 0 nitrogen and oxygen atoms in total. The van der Waals surface area contributed by atoms with Crippen LogP contribution in [0.2, 0.25) is 0 Å². The molecule has 5 heteroatoms. The van der Waals surface area contributed by atoms with E-state index in [9.17, 15) is 22.0 Å². The SMILES string of the molecule is Cc1c(F)cc(C(F)(F)F)cc1F. The predicted octanol–water partition coefficient (Wildman–Crippen LogP) is 3.29. The van der Waals surface area contributed by atoms with Gasteiger partial charge in [0.15, 0.2) is 0 Å². The second-order valence-electron chi connectivity index (χ2n) is 2.56. The molecule has 0 spiro atoms. The van der Waals surface area contributed by atoms with Crippen LogP contribution < -0.4 is 0 Å². The van der Waals surface area contributed by atoms with E-state index in [4.69, 9.17) is 0 Å². The minimum atomic E-state index is -4.71. The van der Waals surface area contributed by atoms with Crippen LogP contribution >= 0.6 is 0 Å². The van der Waals surface area contributed by atoms with Crippen molar-refractivity contribution in [3.63, 3.8) is 0 Å². The number of halogens is 5. The fourth-order valence-corrected chi connectivity index (χ4v) is 0.809. The normalized spacial score (nSPS) is 11.8. The number of hydrogen-bond acceptors (Lipinski definition) is 0. The lowest BCUT2D eigenvalue weighted by molar-refractivity contribution is -0.138. The lowest BCUT2D eigenvalue weighted by Crippen LogP contribution is -2.07. The van der Waals surface area contributed by atoms with E-state index in [2.05, 4.69) is 0 Å². The molecule has 0 saturated heterocycles. The molecule has 0 radical (unpaired) electrons. The van der Waals surface area contributed by atoms with Gasteiger partial charge in [-0.3, -0.25) is 0 Å². The summed E-state index contributed by atoms with van der Waals surface area (Å²) >= 11 is 0. The van der Waals surface area contributed by atoms with Crippen LogP contribution in [0.25, 0.3) is 0 Å². The summed E-state index contributed by atoms with van der Waals surface area (Å²) in [6, 6.07) is 0.552. The molecule has 0 aromatic heterocycles. The quantitative estimate of drug-likeness (QED) is 0.558. The van der Waals surface area contributed by atoms with E-state index in [-0.39, 0.29) is 12.1 Å². The molecule has 0 saturated carbocycles. The van der Waals surface area contributed by atoms with E-state index in [1.165, 1.54) is 0 Å². The summed E-state index contributed by atoms with van der Waals surface area (Å²) in [5.41, 5.74) is -1.72. The van der Waals surface area contributed by atoms with Gasteiger partial charge < -0.3 is 0 Å². The van der Waals surface area contributed by atoms with Gasteiger partial charge in [0.05, 0.1) is 5.56 Å². The number of alkyl halides is 3. The molecule has 1 aromatic carbocycles. The molecular weight excluding hydrogens is 191 g/mol. The minimum Gasteiger partial charge on any atom is -0.207 e. The molecule has 0 aliphatic rings. The zero-order chi connectivity index (χ0) is 10.2. The van der Waals surface area contributed by atoms with Crippen LogP contribution in [-0.4, -0.2) is 0 Å². The third kappa shape index (κ3) is 1.96. The first-order chi connectivity index (χ1) is 5.82. The van der Waals surface area contributed by atoms with Gasteiger partial charge in [-0.1, -0.05) is 0 Å². The Morgan fingerprint density at radius 3 is 1.69 bits per heavy atom. The molecular formula is C8H5F5. The number of hydrogen-bond donors (Lipinski definition) is 0. The van der Waals surface area contributed by atoms with Crippen molar-refractivity contribution in [1.82, 2.24) is 0 Å². The van der Waals surface area contributed by atoms with Crippen LogP contribution in [-0.2, 0) is 6.18 Å². The summed E-state index contributed by atoms with van der Waals surface area (Å²) in [5, 5.41) is 0. The average molecular weight is 196 g/mol. The first-order valence-corrected chi connectivity index (χ1v) is 3.35. The maximum atomic E-state index is 12.6. The van der Waals surface area contributed by atoms with Crippen molar-refractivity contribution < 1.29 is 22.0 Å².